The molecule has 0 atom stereocenters. The van der Waals surface area contributed by atoms with E-state index >= 15 is 0 Å². The molecule has 9 aromatic carbocycles. The van der Waals surface area contributed by atoms with Crippen molar-refractivity contribution in [3.05, 3.63) is 145 Å². The van der Waals surface area contributed by atoms with Crippen molar-refractivity contribution in [1.82, 2.24) is 0 Å². The van der Waals surface area contributed by atoms with Crippen LogP contribution in [0, 0.1) is 0 Å². The van der Waals surface area contributed by atoms with Crippen LogP contribution in [-0.2, 0) is 0 Å². The second kappa shape index (κ2) is 8.15. The molecule has 0 saturated heterocycles. The first-order valence-corrected chi connectivity index (χ1v) is 13.6. The highest BCUT2D eigenvalue weighted by Gasteiger charge is 2.13. The molecule has 0 amide bonds. The highest BCUT2D eigenvalue weighted by Crippen LogP contribution is 2.41. The van der Waals surface area contributed by atoms with E-state index in [1.807, 2.05) is 42.5 Å². The Bertz CT molecular complexity index is 2610. The van der Waals surface area contributed by atoms with Gasteiger partial charge in [0.15, 0.2) is 0 Å². The Balaban J connectivity index is 1.34. The molecule has 0 radical (unpaired) electrons. The van der Waals surface area contributed by atoms with Gasteiger partial charge >= 0.3 is 0 Å². The van der Waals surface area contributed by atoms with Crippen LogP contribution in [0.15, 0.2) is 145 Å². The molecule has 0 heteroatoms. The fourth-order valence-electron chi connectivity index (χ4n) is 6.54. The molecule has 0 spiro atoms. The molecule has 0 aliphatic rings. The van der Waals surface area contributed by atoms with E-state index in [-0.39, 0.29) is 24.2 Å². The molecule has 184 valence electrons. The van der Waals surface area contributed by atoms with Crippen molar-refractivity contribution in [3.63, 3.8) is 0 Å². The molecule has 40 heavy (non-hydrogen) atoms. The lowest BCUT2D eigenvalue weighted by Gasteiger charge is -2.15. The molecular weight excluding hydrogens is 480 g/mol. The summed E-state index contributed by atoms with van der Waals surface area (Å²) in [6, 6.07) is 41.2. The minimum absolute atomic E-state index is 0.0290. The third-order valence-electron chi connectivity index (χ3n) is 8.42. The maximum absolute atomic E-state index is 9.30. The van der Waals surface area contributed by atoms with Crippen molar-refractivity contribution in [2.45, 2.75) is 0 Å². The number of fused-ring (bicyclic) bond motifs is 4. The fraction of sp³-hybridized carbons (Fsp3) is 0. The highest BCUT2D eigenvalue weighted by molar-refractivity contribution is 6.25. The summed E-state index contributed by atoms with van der Waals surface area (Å²) in [7, 11) is 0. The third kappa shape index (κ3) is 3.08. The summed E-state index contributed by atoms with van der Waals surface area (Å²) < 4.78 is 37.2. The molecule has 0 fully saturated rings. The lowest BCUT2D eigenvalue weighted by molar-refractivity contribution is 1.64. The Morgan fingerprint density at radius 1 is 0.325 bits per heavy atom. The lowest BCUT2D eigenvalue weighted by Crippen LogP contribution is -1.88. The minimum atomic E-state index is -0.0306. The predicted molar refractivity (Wildman–Crippen MR) is 174 cm³/mol. The van der Waals surface area contributed by atoms with Crippen molar-refractivity contribution in [3.8, 4) is 22.3 Å². The summed E-state index contributed by atoms with van der Waals surface area (Å²) in [6.45, 7) is 0. The van der Waals surface area contributed by atoms with Gasteiger partial charge in [-0.2, -0.15) is 0 Å². The number of benzene rings is 9. The van der Waals surface area contributed by atoms with Crippen LogP contribution in [0.3, 0.4) is 0 Å². The SMILES string of the molecule is [2H]c1c([2H])c(-c2cccc3ccc4cc5ccccc5cc4c23)c([2H])c([2H])c1-c1ccc2ccc3cccc4ccc1c2c34. The summed E-state index contributed by atoms with van der Waals surface area (Å²) in [6.07, 6.45) is 0. The average Bonchev–Trinajstić information content (AvgIpc) is 3.06. The zero-order valence-corrected chi connectivity index (χ0v) is 21.5. The number of rotatable bonds is 2. The molecule has 0 heterocycles. The molecule has 0 saturated carbocycles. The van der Waals surface area contributed by atoms with Gasteiger partial charge in [0.1, 0.15) is 0 Å². The van der Waals surface area contributed by atoms with E-state index in [0.717, 1.165) is 64.6 Å². The third-order valence-corrected chi connectivity index (χ3v) is 8.42. The normalized spacial score (nSPS) is 13.4. The molecular formula is C40H24. The van der Waals surface area contributed by atoms with Crippen molar-refractivity contribution in [2.75, 3.05) is 0 Å². The topological polar surface area (TPSA) is 0 Å². The zero-order chi connectivity index (χ0) is 29.7. The van der Waals surface area contributed by atoms with E-state index in [0.29, 0.717) is 22.3 Å². The van der Waals surface area contributed by atoms with Gasteiger partial charge in [0.25, 0.3) is 0 Å². The van der Waals surface area contributed by atoms with E-state index in [1.165, 1.54) is 0 Å². The first kappa shape index (κ1) is 18.2. The van der Waals surface area contributed by atoms with Crippen LogP contribution in [0.1, 0.15) is 5.48 Å². The van der Waals surface area contributed by atoms with Gasteiger partial charge in [-0.25, -0.2) is 0 Å². The monoisotopic (exact) mass is 508 g/mol. The Hall–Kier alpha value is -5.20. The summed E-state index contributed by atoms with van der Waals surface area (Å²) >= 11 is 0. The predicted octanol–water partition coefficient (Wildman–Crippen LogP) is 11.4. The number of hydrogen-bond donors (Lipinski definition) is 0. The van der Waals surface area contributed by atoms with Crippen molar-refractivity contribution < 1.29 is 5.48 Å². The highest BCUT2D eigenvalue weighted by atomic mass is 14.2. The van der Waals surface area contributed by atoms with Crippen molar-refractivity contribution >= 4 is 64.6 Å². The number of hydrogen-bond acceptors (Lipinski definition) is 0. The summed E-state index contributed by atoms with van der Waals surface area (Å²) in [5, 5.41) is 12.9. The van der Waals surface area contributed by atoms with Crippen LogP contribution in [-0.4, -0.2) is 0 Å². The molecule has 9 aromatic rings. The van der Waals surface area contributed by atoms with Gasteiger partial charge in [-0.05, 0) is 99.0 Å². The minimum Gasteiger partial charge on any atom is -0.0616 e. The first-order chi connectivity index (χ1) is 21.5. The Morgan fingerprint density at radius 3 is 1.60 bits per heavy atom. The lowest BCUT2D eigenvalue weighted by atomic mass is 9.89. The molecule has 0 bridgehead atoms. The summed E-state index contributed by atoms with van der Waals surface area (Å²) in [4.78, 5) is 0. The van der Waals surface area contributed by atoms with Crippen LogP contribution in [0.2, 0.25) is 0 Å². The van der Waals surface area contributed by atoms with Gasteiger partial charge in [0, 0.05) is 0 Å². The van der Waals surface area contributed by atoms with E-state index in [2.05, 4.69) is 78.9 Å². The largest absolute Gasteiger partial charge is 0.0629 e. The van der Waals surface area contributed by atoms with Crippen molar-refractivity contribution in [2.24, 2.45) is 0 Å². The Labute approximate surface area is 237 Å². The van der Waals surface area contributed by atoms with Crippen LogP contribution in [0.25, 0.3) is 86.9 Å². The second-order valence-electron chi connectivity index (χ2n) is 10.6. The van der Waals surface area contributed by atoms with Gasteiger partial charge in [0.2, 0.25) is 0 Å². The molecule has 0 aromatic heterocycles. The quantitative estimate of drug-likeness (QED) is 0.161. The van der Waals surface area contributed by atoms with E-state index in [1.54, 1.807) is 0 Å². The average molecular weight is 509 g/mol. The summed E-state index contributed by atoms with van der Waals surface area (Å²) in [5.74, 6) is 0. The van der Waals surface area contributed by atoms with Crippen LogP contribution in [0.4, 0.5) is 0 Å². The Kier molecular flexibility index (Phi) is 3.70. The van der Waals surface area contributed by atoms with Gasteiger partial charge in [-0.1, -0.05) is 133 Å². The van der Waals surface area contributed by atoms with Gasteiger partial charge in [0.05, 0.1) is 5.48 Å². The molecule has 0 aliphatic carbocycles. The van der Waals surface area contributed by atoms with Crippen LogP contribution < -0.4 is 0 Å². The fourth-order valence-corrected chi connectivity index (χ4v) is 6.54. The van der Waals surface area contributed by atoms with Gasteiger partial charge in [-0.3, -0.25) is 0 Å². The molecule has 0 aliphatic heterocycles. The van der Waals surface area contributed by atoms with Crippen LogP contribution >= 0.6 is 0 Å². The molecule has 9 rings (SSSR count). The van der Waals surface area contributed by atoms with E-state index in [4.69, 9.17) is 0 Å². The Morgan fingerprint density at radius 2 is 0.850 bits per heavy atom. The molecule has 0 unspecified atom stereocenters. The maximum atomic E-state index is 9.30. The first-order valence-electron chi connectivity index (χ1n) is 15.6. The smallest absolute Gasteiger partial charge is 0.0616 e. The standard InChI is InChI=1S/C40H24/c1-2-6-32-24-37-33(23-31(32)5-1)18-17-29-9-4-10-35(39(29)37)26-13-11-25(12-14-26)34-21-19-30-16-15-27-7-3-8-28-20-22-36(34)40(30)38(27)28/h1-24H/i11D,12D,13D,14D. The molecule has 0 N–H and O–H groups in total. The zero-order valence-electron chi connectivity index (χ0n) is 25.5. The van der Waals surface area contributed by atoms with Crippen LogP contribution in [0.5, 0.6) is 0 Å². The van der Waals surface area contributed by atoms with E-state index < -0.39 is 0 Å². The van der Waals surface area contributed by atoms with Gasteiger partial charge < -0.3 is 0 Å². The second-order valence-corrected chi connectivity index (χ2v) is 10.6. The maximum Gasteiger partial charge on any atom is 0.0629 e. The van der Waals surface area contributed by atoms with Gasteiger partial charge in [-0.15, -0.1) is 0 Å². The summed E-state index contributed by atoms with van der Waals surface area (Å²) in [5.41, 5.74) is 2.09. The van der Waals surface area contributed by atoms with E-state index in [9.17, 15) is 5.48 Å². The molecule has 0 nitrogen and oxygen atoms in total. The van der Waals surface area contributed by atoms with Crippen molar-refractivity contribution in [1.29, 1.82) is 0 Å².